The molecular weight excluding hydrogens is 228 g/mol. The van der Waals surface area contributed by atoms with E-state index < -0.39 is 17.8 Å². The summed E-state index contributed by atoms with van der Waals surface area (Å²) in [5, 5.41) is 31.5. The van der Waals surface area contributed by atoms with Crippen molar-refractivity contribution in [2.75, 3.05) is 0 Å². The summed E-state index contributed by atoms with van der Waals surface area (Å²) < 4.78 is 0. The molecule has 2 rings (SSSR count). The molecule has 3 heteroatoms. The molecule has 0 aliphatic heterocycles. The van der Waals surface area contributed by atoms with Gasteiger partial charge in [-0.05, 0) is 55.8 Å². The molecule has 0 unspecified atom stereocenters. The summed E-state index contributed by atoms with van der Waals surface area (Å²) in [6.45, 7) is 8.16. The molecule has 18 heavy (non-hydrogen) atoms. The number of hydrogen-bond donors (Lipinski definition) is 3. The Morgan fingerprint density at radius 2 is 1.67 bits per heavy atom. The van der Waals surface area contributed by atoms with Crippen LogP contribution in [0.1, 0.15) is 53.4 Å². The zero-order chi connectivity index (χ0) is 13.7. The highest BCUT2D eigenvalue weighted by molar-refractivity contribution is 5.07. The van der Waals surface area contributed by atoms with Gasteiger partial charge in [0.05, 0.1) is 17.8 Å². The van der Waals surface area contributed by atoms with E-state index in [1.807, 2.05) is 0 Å². The van der Waals surface area contributed by atoms with E-state index in [1.54, 1.807) is 6.92 Å². The van der Waals surface area contributed by atoms with Gasteiger partial charge in [0.25, 0.3) is 0 Å². The van der Waals surface area contributed by atoms with Gasteiger partial charge in [0.1, 0.15) is 0 Å². The molecular formula is C15H28O3. The first-order valence-electron chi connectivity index (χ1n) is 7.28. The molecule has 6 atom stereocenters. The van der Waals surface area contributed by atoms with E-state index in [2.05, 4.69) is 20.8 Å². The molecule has 0 radical (unpaired) electrons. The van der Waals surface area contributed by atoms with Crippen LogP contribution in [-0.2, 0) is 0 Å². The van der Waals surface area contributed by atoms with Crippen molar-refractivity contribution in [3.63, 3.8) is 0 Å². The lowest BCUT2D eigenvalue weighted by Gasteiger charge is -2.42. The molecule has 0 amide bonds. The van der Waals surface area contributed by atoms with Gasteiger partial charge in [0.15, 0.2) is 0 Å². The molecule has 2 aliphatic carbocycles. The third-order valence-corrected chi connectivity index (χ3v) is 5.76. The summed E-state index contributed by atoms with van der Waals surface area (Å²) in [5.74, 6) is 0.877. The summed E-state index contributed by atoms with van der Waals surface area (Å²) in [6.07, 6.45) is 1.93. The zero-order valence-electron chi connectivity index (χ0n) is 12.1. The second-order valence-corrected chi connectivity index (χ2v) is 7.33. The van der Waals surface area contributed by atoms with E-state index in [9.17, 15) is 15.3 Å². The Morgan fingerprint density at radius 1 is 1.06 bits per heavy atom. The molecule has 0 heterocycles. The summed E-state index contributed by atoms with van der Waals surface area (Å²) in [6, 6.07) is 0. The van der Waals surface area contributed by atoms with Crippen LogP contribution in [0.4, 0.5) is 0 Å². The van der Waals surface area contributed by atoms with Gasteiger partial charge in [-0.2, -0.15) is 0 Å². The highest BCUT2D eigenvalue weighted by Gasteiger charge is 2.58. The Bertz CT molecular complexity index is 313. The van der Waals surface area contributed by atoms with Crippen molar-refractivity contribution in [1.29, 1.82) is 0 Å². The van der Waals surface area contributed by atoms with Crippen molar-refractivity contribution < 1.29 is 15.3 Å². The lowest BCUT2D eigenvalue weighted by atomic mass is 9.67. The summed E-state index contributed by atoms with van der Waals surface area (Å²) in [4.78, 5) is 0. The molecule has 3 N–H and O–H groups in total. The highest BCUT2D eigenvalue weighted by Crippen LogP contribution is 2.57. The molecule has 106 valence electrons. The Labute approximate surface area is 110 Å². The van der Waals surface area contributed by atoms with Crippen LogP contribution >= 0.6 is 0 Å². The van der Waals surface area contributed by atoms with Crippen molar-refractivity contribution in [2.24, 2.45) is 23.2 Å². The molecule has 2 saturated carbocycles. The molecule has 0 saturated heterocycles. The number of fused-ring (bicyclic) bond motifs is 1. The molecule has 0 aromatic rings. The van der Waals surface area contributed by atoms with Crippen molar-refractivity contribution in [3.05, 3.63) is 0 Å². The van der Waals surface area contributed by atoms with Gasteiger partial charge in [-0.3, -0.25) is 0 Å². The monoisotopic (exact) mass is 256 g/mol. The van der Waals surface area contributed by atoms with E-state index in [0.717, 1.165) is 12.8 Å². The van der Waals surface area contributed by atoms with Gasteiger partial charge in [0.2, 0.25) is 0 Å². The first-order chi connectivity index (χ1) is 8.20. The SMILES string of the molecule is CC(C)[C@@H]1CC[C@]2(C)[C@H]1[C@H](O)[C@@](C)(O)CC[C@H]2O. The van der Waals surface area contributed by atoms with Crippen LogP contribution in [0.3, 0.4) is 0 Å². The Balaban J connectivity index is 2.40. The number of aliphatic hydroxyl groups is 3. The Kier molecular flexibility index (Phi) is 3.54. The van der Waals surface area contributed by atoms with Gasteiger partial charge in [0, 0.05) is 0 Å². The second-order valence-electron chi connectivity index (χ2n) is 7.33. The smallest absolute Gasteiger partial charge is 0.0881 e. The van der Waals surface area contributed by atoms with E-state index in [-0.39, 0.29) is 11.3 Å². The standard InChI is InChI=1S/C15H28O3/c1-9(2)10-5-7-14(3)11(16)6-8-15(4,18)13(17)12(10)14/h9-13,16-18H,5-8H2,1-4H3/t10-,11+,12+,13-,14-,15-/m0/s1. The van der Waals surface area contributed by atoms with E-state index in [1.165, 1.54) is 0 Å². The Morgan fingerprint density at radius 3 is 2.22 bits per heavy atom. The average molecular weight is 256 g/mol. The molecule has 0 bridgehead atoms. The van der Waals surface area contributed by atoms with Gasteiger partial charge < -0.3 is 15.3 Å². The molecule has 2 fully saturated rings. The maximum absolute atomic E-state index is 10.6. The maximum Gasteiger partial charge on any atom is 0.0881 e. The first kappa shape index (κ1) is 14.3. The second kappa shape index (κ2) is 4.46. The van der Waals surface area contributed by atoms with Gasteiger partial charge >= 0.3 is 0 Å². The van der Waals surface area contributed by atoms with Crippen LogP contribution in [0, 0.1) is 23.2 Å². The van der Waals surface area contributed by atoms with Gasteiger partial charge in [-0.25, -0.2) is 0 Å². The number of rotatable bonds is 1. The fourth-order valence-electron chi connectivity index (χ4n) is 4.34. The number of aliphatic hydroxyl groups excluding tert-OH is 2. The molecule has 0 spiro atoms. The van der Waals surface area contributed by atoms with Crippen LogP contribution in [0.5, 0.6) is 0 Å². The van der Waals surface area contributed by atoms with Crippen LogP contribution < -0.4 is 0 Å². The lowest BCUT2D eigenvalue weighted by Crippen LogP contribution is -2.49. The van der Waals surface area contributed by atoms with Crippen LogP contribution in [0.15, 0.2) is 0 Å². The van der Waals surface area contributed by atoms with Crippen molar-refractivity contribution in [1.82, 2.24) is 0 Å². The third kappa shape index (κ3) is 2.00. The van der Waals surface area contributed by atoms with Crippen LogP contribution in [0.25, 0.3) is 0 Å². The largest absolute Gasteiger partial charge is 0.393 e. The summed E-state index contributed by atoms with van der Waals surface area (Å²) >= 11 is 0. The fraction of sp³-hybridized carbons (Fsp3) is 1.00. The third-order valence-electron chi connectivity index (χ3n) is 5.76. The molecule has 3 nitrogen and oxygen atoms in total. The van der Waals surface area contributed by atoms with Gasteiger partial charge in [-0.15, -0.1) is 0 Å². The van der Waals surface area contributed by atoms with Crippen LogP contribution in [0.2, 0.25) is 0 Å². The highest BCUT2D eigenvalue weighted by atomic mass is 16.3. The minimum atomic E-state index is -1.07. The summed E-state index contributed by atoms with van der Waals surface area (Å²) in [5.41, 5.74) is -1.31. The minimum Gasteiger partial charge on any atom is -0.393 e. The van der Waals surface area contributed by atoms with Crippen molar-refractivity contribution in [3.8, 4) is 0 Å². The topological polar surface area (TPSA) is 60.7 Å². The van der Waals surface area contributed by atoms with E-state index >= 15 is 0 Å². The molecule has 2 aliphatic rings. The quantitative estimate of drug-likeness (QED) is 0.672. The minimum absolute atomic E-state index is 0.00463. The van der Waals surface area contributed by atoms with E-state index in [0.29, 0.717) is 24.7 Å². The normalized spacial score (nSPS) is 53.3. The molecule has 0 aromatic carbocycles. The van der Waals surface area contributed by atoms with Crippen molar-refractivity contribution in [2.45, 2.75) is 71.2 Å². The fourth-order valence-corrected chi connectivity index (χ4v) is 4.34. The van der Waals surface area contributed by atoms with E-state index in [4.69, 9.17) is 0 Å². The van der Waals surface area contributed by atoms with Crippen molar-refractivity contribution >= 4 is 0 Å². The predicted octanol–water partition coefficient (Wildman–Crippen LogP) is 1.94. The zero-order valence-corrected chi connectivity index (χ0v) is 12.1. The Hall–Kier alpha value is -0.120. The van der Waals surface area contributed by atoms with Crippen LogP contribution in [-0.4, -0.2) is 33.1 Å². The predicted molar refractivity (Wildman–Crippen MR) is 71.0 cm³/mol. The molecule has 0 aromatic heterocycles. The maximum atomic E-state index is 10.6. The van der Waals surface area contributed by atoms with Gasteiger partial charge in [-0.1, -0.05) is 20.8 Å². The average Bonchev–Trinajstić information content (AvgIpc) is 2.61. The number of hydrogen-bond acceptors (Lipinski definition) is 3. The summed E-state index contributed by atoms with van der Waals surface area (Å²) in [7, 11) is 0. The first-order valence-corrected chi connectivity index (χ1v) is 7.28. The lowest BCUT2D eigenvalue weighted by molar-refractivity contribution is -0.119.